The normalized spacial score (nSPS) is 11.4. The van der Waals surface area contributed by atoms with Gasteiger partial charge in [0, 0.05) is 29.2 Å². The summed E-state index contributed by atoms with van der Waals surface area (Å²) in [6.45, 7) is 8.58. The molecule has 0 fully saturated rings. The topological polar surface area (TPSA) is 76.0 Å². The number of aryl methyl sites for hydroxylation is 1. The third-order valence-electron chi connectivity index (χ3n) is 5.47. The molecular formula is C27H28N4O2. The monoisotopic (exact) mass is 440 g/mol. The molecule has 4 rings (SSSR count). The first-order valence-electron chi connectivity index (χ1n) is 10.9. The first-order valence-corrected chi connectivity index (χ1v) is 10.9. The molecule has 0 aliphatic heterocycles. The van der Waals surface area contributed by atoms with Gasteiger partial charge in [-0.1, -0.05) is 48.0 Å². The molecule has 4 aromatic rings. The summed E-state index contributed by atoms with van der Waals surface area (Å²) in [6.07, 6.45) is 1.84. The minimum Gasteiger partial charge on any atom is -0.348 e. The number of anilines is 1. The summed E-state index contributed by atoms with van der Waals surface area (Å²) in [4.78, 5) is 30.4. The molecule has 2 heterocycles. The standard InChI is InChI=1S/C27H28N4O2/c1-18-10-12-20(13-11-18)25(32)30-23-15-14-21-22(17-31(24(21)29-23)27(2,3)4)26(33)28-16-19-8-6-5-7-9-19/h5-15,17H,16H2,1-4H3,(H,28,33)(H,29,30,32). The first-order chi connectivity index (χ1) is 15.7. The lowest BCUT2D eigenvalue weighted by molar-refractivity contribution is 0.0951. The highest BCUT2D eigenvalue weighted by Gasteiger charge is 2.23. The van der Waals surface area contributed by atoms with E-state index in [4.69, 9.17) is 4.98 Å². The van der Waals surface area contributed by atoms with Gasteiger partial charge in [-0.2, -0.15) is 0 Å². The predicted molar refractivity (Wildman–Crippen MR) is 131 cm³/mol. The molecule has 2 amide bonds. The van der Waals surface area contributed by atoms with Gasteiger partial charge in [0.2, 0.25) is 0 Å². The van der Waals surface area contributed by atoms with Crippen molar-refractivity contribution < 1.29 is 9.59 Å². The Morgan fingerprint density at radius 3 is 2.27 bits per heavy atom. The lowest BCUT2D eigenvalue weighted by atomic mass is 10.1. The van der Waals surface area contributed by atoms with E-state index in [1.165, 1.54) is 0 Å². The zero-order valence-corrected chi connectivity index (χ0v) is 19.3. The molecule has 2 N–H and O–H groups in total. The van der Waals surface area contributed by atoms with Crippen molar-refractivity contribution in [3.63, 3.8) is 0 Å². The van der Waals surface area contributed by atoms with Crippen LogP contribution >= 0.6 is 0 Å². The van der Waals surface area contributed by atoms with Crippen LogP contribution in [0.2, 0.25) is 0 Å². The number of fused-ring (bicyclic) bond motifs is 1. The molecule has 2 aromatic heterocycles. The van der Waals surface area contributed by atoms with Gasteiger partial charge in [-0.05, 0) is 57.5 Å². The number of nitrogens with one attached hydrogen (secondary N) is 2. The number of pyridine rings is 1. The summed E-state index contributed by atoms with van der Waals surface area (Å²) in [5.41, 5.74) is 3.59. The van der Waals surface area contributed by atoms with Gasteiger partial charge in [0.15, 0.2) is 0 Å². The molecule has 6 nitrogen and oxygen atoms in total. The number of carbonyl (C=O) groups excluding carboxylic acids is 2. The number of hydrogen-bond acceptors (Lipinski definition) is 3. The fourth-order valence-corrected chi connectivity index (χ4v) is 3.63. The maximum atomic E-state index is 13.0. The highest BCUT2D eigenvalue weighted by atomic mass is 16.2. The molecule has 0 radical (unpaired) electrons. The summed E-state index contributed by atoms with van der Waals surface area (Å²) in [7, 11) is 0. The molecule has 168 valence electrons. The second-order valence-electron chi connectivity index (χ2n) is 9.14. The van der Waals surface area contributed by atoms with Crippen molar-refractivity contribution in [1.82, 2.24) is 14.9 Å². The van der Waals surface area contributed by atoms with Crippen LogP contribution in [0, 0.1) is 6.92 Å². The lowest BCUT2D eigenvalue weighted by Gasteiger charge is -2.22. The largest absolute Gasteiger partial charge is 0.348 e. The van der Waals surface area contributed by atoms with E-state index in [9.17, 15) is 9.59 Å². The predicted octanol–water partition coefficient (Wildman–Crippen LogP) is 5.28. The van der Waals surface area contributed by atoms with E-state index < -0.39 is 0 Å². The number of benzene rings is 2. The third-order valence-corrected chi connectivity index (χ3v) is 5.47. The summed E-state index contributed by atoms with van der Waals surface area (Å²) >= 11 is 0. The molecule has 0 aliphatic carbocycles. The maximum Gasteiger partial charge on any atom is 0.256 e. The SMILES string of the molecule is Cc1ccc(C(=O)Nc2ccc3c(C(=O)NCc4ccccc4)cn(C(C)(C)C)c3n2)cc1. The van der Waals surface area contributed by atoms with Gasteiger partial charge in [0.1, 0.15) is 11.5 Å². The quantitative estimate of drug-likeness (QED) is 0.443. The van der Waals surface area contributed by atoms with Crippen LogP contribution in [0.1, 0.15) is 52.6 Å². The highest BCUT2D eigenvalue weighted by Crippen LogP contribution is 2.28. The van der Waals surface area contributed by atoms with Gasteiger partial charge in [-0.3, -0.25) is 9.59 Å². The Labute approximate surface area is 193 Å². The number of amides is 2. The molecule has 33 heavy (non-hydrogen) atoms. The minimum atomic E-state index is -0.303. The minimum absolute atomic E-state index is 0.162. The molecule has 0 bridgehead atoms. The van der Waals surface area contributed by atoms with Crippen molar-refractivity contribution in [3.8, 4) is 0 Å². The lowest BCUT2D eigenvalue weighted by Crippen LogP contribution is -2.23. The second-order valence-corrected chi connectivity index (χ2v) is 9.14. The van der Waals surface area contributed by atoms with Crippen LogP contribution < -0.4 is 10.6 Å². The van der Waals surface area contributed by atoms with E-state index in [1.54, 1.807) is 18.2 Å². The smallest absolute Gasteiger partial charge is 0.256 e. The van der Waals surface area contributed by atoms with Gasteiger partial charge < -0.3 is 15.2 Å². The molecule has 2 aromatic carbocycles. The molecular weight excluding hydrogens is 412 g/mol. The van der Waals surface area contributed by atoms with Crippen molar-refractivity contribution >= 4 is 28.7 Å². The Balaban J connectivity index is 1.63. The Morgan fingerprint density at radius 1 is 0.909 bits per heavy atom. The highest BCUT2D eigenvalue weighted by molar-refractivity contribution is 6.07. The molecule has 0 saturated heterocycles. The van der Waals surface area contributed by atoms with Gasteiger partial charge in [0.05, 0.1) is 5.56 Å². The van der Waals surface area contributed by atoms with Crippen LogP contribution in [0.15, 0.2) is 72.9 Å². The van der Waals surface area contributed by atoms with Crippen LogP contribution in [-0.4, -0.2) is 21.4 Å². The van der Waals surface area contributed by atoms with E-state index in [2.05, 4.69) is 31.4 Å². The first kappa shape index (κ1) is 22.3. The fourth-order valence-electron chi connectivity index (χ4n) is 3.63. The zero-order valence-electron chi connectivity index (χ0n) is 19.3. The Bertz CT molecular complexity index is 1300. The molecule has 0 spiro atoms. The van der Waals surface area contributed by atoms with E-state index in [-0.39, 0.29) is 17.4 Å². The number of carbonyl (C=O) groups is 2. The molecule has 0 aliphatic rings. The van der Waals surface area contributed by atoms with Crippen molar-refractivity contribution in [1.29, 1.82) is 0 Å². The maximum absolute atomic E-state index is 13.0. The van der Waals surface area contributed by atoms with Crippen LogP contribution in [0.4, 0.5) is 5.82 Å². The van der Waals surface area contributed by atoms with E-state index >= 15 is 0 Å². The number of aromatic nitrogens is 2. The summed E-state index contributed by atoms with van der Waals surface area (Å²) < 4.78 is 1.97. The Kier molecular flexibility index (Phi) is 6.01. The summed E-state index contributed by atoms with van der Waals surface area (Å²) in [5, 5.41) is 6.60. The summed E-state index contributed by atoms with van der Waals surface area (Å²) in [6, 6.07) is 20.7. The van der Waals surface area contributed by atoms with Gasteiger partial charge in [0.25, 0.3) is 11.8 Å². The molecule has 0 saturated carbocycles. The van der Waals surface area contributed by atoms with E-state index in [0.29, 0.717) is 29.1 Å². The van der Waals surface area contributed by atoms with Crippen LogP contribution in [0.25, 0.3) is 11.0 Å². The summed E-state index contributed by atoms with van der Waals surface area (Å²) in [5.74, 6) is 0.0505. The van der Waals surface area contributed by atoms with Crippen LogP contribution in [0.3, 0.4) is 0 Å². The van der Waals surface area contributed by atoms with Crippen molar-refractivity contribution in [3.05, 3.63) is 95.2 Å². The fraction of sp³-hybridized carbons (Fsp3) is 0.222. The van der Waals surface area contributed by atoms with Crippen molar-refractivity contribution in [2.45, 2.75) is 39.8 Å². The molecule has 0 atom stereocenters. The average Bonchev–Trinajstić information content (AvgIpc) is 3.18. The van der Waals surface area contributed by atoms with Gasteiger partial charge >= 0.3 is 0 Å². The van der Waals surface area contributed by atoms with Crippen molar-refractivity contribution in [2.24, 2.45) is 0 Å². The van der Waals surface area contributed by atoms with E-state index in [0.717, 1.165) is 16.5 Å². The van der Waals surface area contributed by atoms with Gasteiger partial charge in [-0.15, -0.1) is 0 Å². The van der Waals surface area contributed by atoms with Crippen LogP contribution in [-0.2, 0) is 12.1 Å². The zero-order chi connectivity index (χ0) is 23.6. The molecule has 0 unspecified atom stereocenters. The van der Waals surface area contributed by atoms with Crippen molar-refractivity contribution in [2.75, 3.05) is 5.32 Å². The van der Waals surface area contributed by atoms with Gasteiger partial charge in [-0.25, -0.2) is 4.98 Å². The van der Waals surface area contributed by atoms with Crippen LogP contribution in [0.5, 0.6) is 0 Å². The number of rotatable bonds is 5. The molecule has 6 heteroatoms. The Morgan fingerprint density at radius 2 is 1.61 bits per heavy atom. The number of hydrogen-bond donors (Lipinski definition) is 2. The second kappa shape index (κ2) is 8.90. The Hall–Kier alpha value is -3.93. The van der Waals surface area contributed by atoms with E-state index in [1.807, 2.05) is 66.2 Å². The average molecular weight is 441 g/mol. The third kappa shape index (κ3) is 4.95. The number of nitrogens with zero attached hydrogens (tertiary/aromatic N) is 2.